The van der Waals surface area contributed by atoms with Crippen molar-refractivity contribution >= 4 is 5.70 Å². The van der Waals surface area contributed by atoms with Gasteiger partial charge in [-0.05, 0) is 18.3 Å². The van der Waals surface area contributed by atoms with E-state index in [1.807, 2.05) is 34.9 Å². The Bertz CT molecular complexity index is 448. The summed E-state index contributed by atoms with van der Waals surface area (Å²) >= 11 is 0. The third-order valence-corrected chi connectivity index (χ3v) is 1.99. The van der Waals surface area contributed by atoms with Crippen LogP contribution in [0.15, 0.2) is 43.8 Å². The Balaban J connectivity index is 0.00000112. The van der Waals surface area contributed by atoms with E-state index in [1.54, 1.807) is 18.5 Å². The van der Waals surface area contributed by atoms with Crippen molar-refractivity contribution in [3.05, 3.63) is 55.4 Å². The molecule has 0 bridgehead atoms. The van der Waals surface area contributed by atoms with Crippen molar-refractivity contribution in [2.45, 2.75) is 0 Å². The third kappa shape index (κ3) is 2.61. The van der Waals surface area contributed by atoms with Gasteiger partial charge >= 0.3 is 0 Å². The van der Waals surface area contributed by atoms with Gasteiger partial charge in [-0.3, -0.25) is 4.57 Å². The number of aryl methyl sites for hydroxylation is 1. The van der Waals surface area contributed by atoms with Crippen molar-refractivity contribution < 1.29 is 20.1 Å². The fourth-order valence-corrected chi connectivity index (χ4v) is 1.23. The van der Waals surface area contributed by atoms with Gasteiger partial charge < -0.3 is 4.98 Å². The van der Waals surface area contributed by atoms with Crippen LogP contribution in [0.25, 0.3) is 5.70 Å². The van der Waals surface area contributed by atoms with Crippen molar-refractivity contribution in [3.8, 4) is 0 Å². The summed E-state index contributed by atoms with van der Waals surface area (Å²) in [6, 6.07) is 4.87. The minimum atomic E-state index is 0. The van der Waals surface area contributed by atoms with Gasteiger partial charge in [0.2, 0.25) is 0 Å². The molecule has 0 aliphatic heterocycles. The number of aromatic nitrogens is 3. The van der Waals surface area contributed by atoms with Gasteiger partial charge in [0.25, 0.3) is 0 Å². The van der Waals surface area contributed by atoms with E-state index in [4.69, 9.17) is 0 Å². The van der Waals surface area contributed by atoms with Gasteiger partial charge in [0.05, 0.1) is 0 Å². The zero-order valence-electron chi connectivity index (χ0n) is 8.35. The van der Waals surface area contributed by atoms with Gasteiger partial charge in [-0.25, -0.2) is 0 Å². The summed E-state index contributed by atoms with van der Waals surface area (Å²) in [5, 5.41) is 0. The maximum atomic E-state index is 4.03. The van der Waals surface area contributed by atoms with Gasteiger partial charge in [-0.15, -0.1) is 12.1 Å². The number of hydrogen-bond acceptors (Lipinski definition) is 1. The Morgan fingerprint density at radius 3 is 2.87 bits per heavy atom. The molecule has 0 N–H and O–H groups in total. The van der Waals surface area contributed by atoms with Crippen LogP contribution < -0.4 is 0 Å². The average molecular weight is 377 g/mol. The molecular weight excluding hydrogens is 366 g/mol. The predicted octanol–water partition coefficient (Wildman–Crippen LogP) is 1.82. The topological polar surface area (TPSA) is 22.8 Å². The molecule has 1 radical (unpaired) electrons. The van der Waals surface area contributed by atoms with Crippen LogP contribution in [-0.4, -0.2) is 14.1 Å². The number of imidazole rings is 1. The zero-order valence-corrected chi connectivity index (χ0v) is 10.7. The molecule has 79 valence electrons. The predicted molar refractivity (Wildman–Crippen MR) is 55.3 cm³/mol. The van der Waals surface area contributed by atoms with Crippen molar-refractivity contribution in [2.75, 3.05) is 0 Å². The van der Waals surface area contributed by atoms with Gasteiger partial charge in [-0.2, -0.15) is 4.57 Å². The van der Waals surface area contributed by atoms with E-state index in [9.17, 15) is 0 Å². The number of hydrogen-bond donors (Lipinski definition) is 0. The Hall–Kier alpha value is -1.25. The summed E-state index contributed by atoms with van der Waals surface area (Å²) in [7, 11) is 1.97. The van der Waals surface area contributed by atoms with Crippen molar-refractivity contribution in [1.29, 1.82) is 0 Å². The molecule has 2 aromatic rings. The second-order valence-corrected chi connectivity index (χ2v) is 3.08. The molecule has 0 aliphatic rings. The van der Waals surface area contributed by atoms with Crippen LogP contribution in [0.2, 0.25) is 0 Å². The van der Waals surface area contributed by atoms with Crippen LogP contribution in [0, 0.1) is 6.07 Å². The summed E-state index contributed by atoms with van der Waals surface area (Å²) < 4.78 is 3.90. The van der Waals surface area contributed by atoms with E-state index >= 15 is 0 Å². The molecule has 2 rings (SSSR count). The van der Waals surface area contributed by atoms with E-state index in [0.717, 1.165) is 11.3 Å². The molecule has 3 nitrogen and oxygen atoms in total. The minimum Gasteiger partial charge on any atom is -0.358 e. The molecule has 0 aliphatic carbocycles. The van der Waals surface area contributed by atoms with Crippen LogP contribution in [-0.2, 0) is 27.2 Å². The number of nitrogens with zero attached hydrogens (tertiary/aromatic N) is 3. The average Bonchev–Trinajstić information content (AvgIpc) is 2.65. The first-order valence-electron chi connectivity index (χ1n) is 4.32. The summed E-state index contributed by atoms with van der Waals surface area (Å²) in [5.41, 5.74) is 1.78. The Morgan fingerprint density at radius 2 is 2.33 bits per heavy atom. The quantitative estimate of drug-likeness (QED) is 0.732. The van der Waals surface area contributed by atoms with Gasteiger partial charge in [-0.1, -0.05) is 6.20 Å². The second-order valence-electron chi connectivity index (χ2n) is 3.08. The minimum absolute atomic E-state index is 0. The second kappa shape index (κ2) is 5.01. The van der Waals surface area contributed by atoms with Crippen LogP contribution in [0.1, 0.15) is 5.56 Å². The van der Waals surface area contributed by atoms with E-state index < -0.39 is 0 Å². The largest absolute Gasteiger partial charge is 0.358 e. The van der Waals surface area contributed by atoms with E-state index in [0.29, 0.717) is 0 Å². The fourth-order valence-electron chi connectivity index (χ4n) is 1.23. The van der Waals surface area contributed by atoms with Crippen LogP contribution >= 0.6 is 0 Å². The molecule has 0 amide bonds. The molecule has 0 spiro atoms. The van der Waals surface area contributed by atoms with Crippen molar-refractivity contribution in [1.82, 2.24) is 14.1 Å². The Labute approximate surface area is 102 Å². The maximum Gasteiger partial charge on any atom is 0.166 e. The van der Waals surface area contributed by atoms with Gasteiger partial charge in [0, 0.05) is 27.2 Å². The normalized spacial score (nSPS) is 9.40. The first-order valence-corrected chi connectivity index (χ1v) is 4.32. The van der Waals surface area contributed by atoms with Crippen LogP contribution in [0.5, 0.6) is 0 Å². The molecule has 0 atom stereocenters. The third-order valence-electron chi connectivity index (χ3n) is 1.99. The summed E-state index contributed by atoms with van der Waals surface area (Å²) in [4.78, 5) is 4.03. The van der Waals surface area contributed by atoms with Crippen molar-refractivity contribution in [2.24, 2.45) is 7.05 Å². The maximum absolute atomic E-state index is 4.03. The molecule has 2 aromatic heterocycles. The number of pyridine rings is 1. The van der Waals surface area contributed by atoms with E-state index in [2.05, 4.69) is 17.6 Å². The Morgan fingerprint density at radius 1 is 1.53 bits per heavy atom. The molecule has 2 heterocycles. The first kappa shape index (κ1) is 11.8. The SMILES string of the molecule is C=C(c1[c-]ccnc1)n1ccn(C)[cH+]1.[Ir]. The summed E-state index contributed by atoms with van der Waals surface area (Å²) in [6.07, 6.45) is 9.31. The molecule has 0 fully saturated rings. The summed E-state index contributed by atoms with van der Waals surface area (Å²) in [5.74, 6) is 0. The molecule has 0 saturated carbocycles. The molecule has 0 aromatic carbocycles. The first-order chi connectivity index (χ1) is 6.77. The van der Waals surface area contributed by atoms with E-state index in [1.165, 1.54) is 0 Å². The monoisotopic (exact) mass is 378 g/mol. The van der Waals surface area contributed by atoms with Crippen molar-refractivity contribution in [3.63, 3.8) is 0 Å². The number of rotatable bonds is 2. The van der Waals surface area contributed by atoms with Gasteiger partial charge in [0.1, 0.15) is 18.1 Å². The molecule has 4 heteroatoms. The van der Waals surface area contributed by atoms with E-state index in [-0.39, 0.29) is 20.1 Å². The summed E-state index contributed by atoms with van der Waals surface area (Å²) in [6.45, 7) is 3.99. The van der Waals surface area contributed by atoms with Crippen LogP contribution in [0.3, 0.4) is 0 Å². The fraction of sp³-hybridized carbons (Fsp3) is 0.0909. The van der Waals surface area contributed by atoms with Gasteiger partial charge in [0.15, 0.2) is 6.33 Å². The standard InChI is InChI=1S/C11H11N3.Ir/c1-10(11-4-3-5-12-8-11)14-7-6-13(2)9-14;/h3,5-9H,1H2,2H3;. The molecule has 0 saturated heterocycles. The molecular formula is C11H11IrN3. The molecule has 15 heavy (non-hydrogen) atoms. The molecule has 0 unspecified atom stereocenters. The van der Waals surface area contributed by atoms with Crippen LogP contribution in [0.4, 0.5) is 0 Å². The Kier molecular flexibility index (Phi) is 3.95. The zero-order chi connectivity index (χ0) is 9.97. The smallest absolute Gasteiger partial charge is 0.166 e.